The van der Waals surface area contributed by atoms with Gasteiger partial charge < -0.3 is 9.64 Å². The van der Waals surface area contributed by atoms with E-state index < -0.39 is 60.9 Å². The third-order valence-corrected chi connectivity index (χ3v) is 7.98. The average Bonchev–Trinajstić information content (AvgIpc) is 2.79. The zero-order chi connectivity index (χ0) is 27.7. The molecule has 200 valence electrons. The summed E-state index contributed by atoms with van der Waals surface area (Å²) in [6.07, 6.45) is -0.170. The zero-order valence-corrected chi connectivity index (χ0v) is 22.1. The van der Waals surface area contributed by atoms with E-state index in [9.17, 15) is 32.5 Å². The molecular formula is C25H30FN3O7S. The normalized spacial score (nSPS) is 17.9. The summed E-state index contributed by atoms with van der Waals surface area (Å²) in [4.78, 5) is 37.9. The van der Waals surface area contributed by atoms with E-state index >= 15 is 0 Å². The topological polar surface area (TPSA) is 127 Å². The number of benzene rings is 2. The molecule has 0 unspecified atom stereocenters. The van der Waals surface area contributed by atoms with Gasteiger partial charge in [-0.15, -0.1) is 0 Å². The molecule has 2 aromatic carbocycles. The third-order valence-electron chi connectivity index (χ3n) is 5.96. The molecule has 2 atom stereocenters. The quantitative estimate of drug-likeness (QED) is 0.303. The van der Waals surface area contributed by atoms with Crippen molar-refractivity contribution in [2.75, 3.05) is 13.1 Å². The molecule has 0 N–H and O–H groups in total. The van der Waals surface area contributed by atoms with Gasteiger partial charge in [-0.1, -0.05) is 24.3 Å². The molecule has 0 aromatic heterocycles. The second kappa shape index (κ2) is 10.5. The number of esters is 1. The van der Waals surface area contributed by atoms with E-state index in [1.54, 1.807) is 33.8 Å². The van der Waals surface area contributed by atoms with Crippen molar-refractivity contribution in [3.63, 3.8) is 0 Å². The Morgan fingerprint density at radius 1 is 1.22 bits per heavy atom. The summed E-state index contributed by atoms with van der Waals surface area (Å²) in [5.74, 6) is -1.98. The molecule has 1 heterocycles. The van der Waals surface area contributed by atoms with Crippen LogP contribution in [-0.4, -0.2) is 65.2 Å². The number of nitro benzene ring substituents is 1. The van der Waals surface area contributed by atoms with Crippen molar-refractivity contribution in [3.05, 3.63) is 69.5 Å². The Bertz CT molecular complexity index is 1320. The van der Waals surface area contributed by atoms with Gasteiger partial charge in [0.05, 0.1) is 4.92 Å². The van der Waals surface area contributed by atoms with Gasteiger partial charge in [0, 0.05) is 25.6 Å². The molecule has 37 heavy (non-hydrogen) atoms. The Hall–Kier alpha value is -3.38. The van der Waals surface area contributed by atoms with Crippen LogP contribution in [0.4, 0.5) is 10.1 Å². The summed E-state index contributed by atoms with van der Waals surface area (Å²) in [5.41, 5.74) is -0.593. The minimum absolute atomic E-state index is 0.170. The molecule has 0 radical (unpaired) electrons. The maximum atomic E-state index is 14.7. The van der Waals surface area contributed by atoms with Gasteiger partial charge >= 0.3 is 5.97 Å². The van der Waals surface area contributed by atoms with E-state index in [0.29, 0.717) is 5.56 Å². The number of aryl methyl sites for hydroxylation is 1. The Kier molecular flexibility index (Phi) is 8.03. The van der Waals surface area contributed by atoms with Crippen LogP contribution in [0.3, 0.4) is 0 Å². The number of ether oxygens (including phenoxy) is 1. The highest BCUT2D eigenvalue weighted by atomic mass is 32.2. The van der Waals surface area contributed by atoms with Crippen LogP contribution in [0.25, 0.3) is 0 Å². The number of sulfonamides is 1. The number of carbonyl (C=O) groups is 2. The van der Waals surface area contributed by atoms with E-state index in [4.69, 9.17) is 4.74 Å². The highest BCUT2D eigenvalue weighted by Crippen LogP contribution is 2.30. The molecule has 0 aliphatic carbocycles. The molecule has 1 amide bonds. The number of nitro groups is 1. The highest BCUT2D eigenvalue weighted by Gasteiger charge is 2.45. The second-order valence-corrected chi connectivity index (χ2v) is 11.8. The van der Waals surface area contributed by atoms with Crippen molar-refractivity contribution < 1.29 is 32.1 Å². The van der Waals surface area contributed by atoms with Gasteiger partial charge in [-0.3, -0.25) is 14.9 Å². The summed E-state index contributed by atoms with van der Waals surface area (Å²) in [5, 5.41) is 11.4. The molecule has 0 spiro atoms. The number of piperazine rings is 1. The van der Waals surface area contributed by atoms with Gasteiger partial charge in [0.1, 0.15) is 23.5 Å². The molecule has 1 aliphatic heterocycles. The lowest BCUT2D eigenvalue weighted by Gasteiger charge is -2.41. The first-order valence-electron chi connectivity index (χ1n) is 11.7. The summed E-state index contributed by atoms with van der Waals surface area (Å²) in [7, 11) is -4.42. The molecule has 0 saturated carbocycles. The largest absolute Gasteiger partial charge is 0.458 e. The molecule has 1 aliphatic rings. The van der Waals surface area contributed by atoms with Crippen LogP contribution < -0.4 is 0 Å². The minimum Gasteiger partial charge on any atom is -0.458 e. The van der Waals surface area contributed by atoms with Crippen LogP contribution in [0.1, 0.15) is 38.8 Å². The van der Waals surface area contributed by atoms with Crippen molar-refractivity contribution in [3.8, 4) is 0 Å². The lowest BCUT2D eigenvalue weighted by Crippen LogP contribution is -2.62. The van der Waals surface area contributed by atoms with Gasteiger partial charge in [0.2, 0.25) is 5.91 Å². The summed E-state index contributed by atoms with van der Waals surface area (Å²) < 4.78 is 47.7. The number of para-hydroxylation sites is 1. The molecular weight excluding hydrogens is 505 g/mol. The van der Waals surface area contributed by atoms with Crippen LogP contribution in [0, 0.1) is 22.9 Å². The van der Waals surface area contributed by atoms with Crippen molar-refractivity contribution in [2.45, 2.75) is 63.6 Å². The first kappa shape index (κ1) is 28.2. The van der Waals surface area contributed by atoms with E-state index in [1.165, 1.54) is 36.1 Å². The van der Waals surface area contributed by atoms with Gasteiger partial charge in [-0.05, 0) is 57.9 Å². The Morgan fingerprint density at radius 2 is 1.86 bits per heavy atom. The van der Waals surface area contributed by atoms with Crippen molar-refractivity contribution in [1.29, 1.82) is 0 Å². The number of rotatable bonds is 7. The van der Waals surface area contributed by atoms with Crippen molar-refractivity contribution in [2.24, 2.45) is 0 Å². The molecule has 10 nitrogen and oxygen atoms in total. The van der Waals surface area contributed by atoms with Crippen LogP contribution in [-0.2, 0) is 30.8 Å². The molecule has 2 aromatic rings. The lowest BCUT2D eigenvalue weighted by molar-refractivity contribution is -0.387. The van der Waals surface area contributed by atoms with Gasteiger partial charge in [-0.2, -0.15) is 4.31 Å². The van der Waals surface area contributed by atoms with Crippen molar-refractivity contribution >= 4 is 27.6 Å². The third kappa shape index (κ3) is 6.13. The Morgan fingerprint density at radius 3 is 2.46 bits per heavy atom. The molecule has 12 heteroatoms. The van der Waals surface area contributed by atoms with Crippen LogP contribution >= 0.6 is 0 Å². The van der Waals surface area contributed by atoms with Crippen LogP contribution in [0.2, 0.25) is 0 Å². The second-order valence-electron chi connectivity index (χ2n) is 9.90. The fourth-order valence-corrected chi connectivity index (χ4v) is 5.92. The maximum Gasteiger partial charge on any atom is 0.329 e. The van der Waals surface area contributed by atoms with E-state index in [0.717, 1.165) is 16.4 Å². The Balaban J connectivity index is 1.95. The number of halogens is 1. The standard InChI is InChI=1S/C25H30FN3O7S/c1-16-10-11-18(19(26)14-16)15-21(24(31)36-25(3,4)5)27-12-13-28(17(2)23(27)30)37(34,35)22-9-7-6-8-20(22)29(32)33/h6-11,14,17,21H,12-13,15H2,1-5H3/t17-,21-/m0/s1. The number of nitrogens with zero attached hydrogens (tertiary/aromatic N) is 3. The molecule has 0 bridgehead atoms. The van der Waals surface area contributed by atoms with Gasteiger partial charge in [0.25, 0.3) is 15.7 Å². The predicted molar refractivity (Wildman–Crippen MR) is 133 cm³/mol. The van der Waals surface area contributed by atoms with Gasteiger partial charge in [-0.25, -0.2) is 17.6 Å². The number of amides is 1. The van der Waals surface area contributed by atoms with Crippen LogP contribution in [0.5, 0.6) is 0 Å². The highest BCUT2D eigenvalue weighted by molar-refractivity contribution is 7.89. The monoisotopic (exact) mass is 535 g/mol. The van der Waals surface area contributed by atoms with E-state index in [1.807, 2.05) is 0 Å². The summed E-state index contributed by atoms with van der Waals surface area (Å²) >= 11 is 0. The van der Waals surface area contributed by atoms with Crippen molar-refractivity contribution in [1.82, 2.24) is 9.21 Å². The predicted octanol–water partition coefficient (Wildman–Crippen LogP) is 3.22. The Labute approximate surface area is 215 Å². The first-order valence-corrected chi connectivity index (χ1v) is 13.1. The zero-order valence-electron chi connectivity index (χ0n) is 21.3. The first-order chi connectivity index (χ1) is 17.1. The minimum atomic E-state index is -4.42. The average molecular weight is 536 g/mol. The molecule has 1 fully saturated rings. The fourth-order valence-electron chi connectivity index (χ4n) is 4.18. The number of hydrogen-bond donors (Lipinski definition) is 0. The summed E-state index contributed by atoms with van der Waals surface area (Å²) in [6.45, 7) is 7.64. The van der Waals surface area contributed by atoms with E-state index in [-0.39, 0.29) is 25.1 Å². The number of carbonyl (C=O) groups excluding carboxylic acids is 2. The van der Waals surface area contributed by atoms with Crippen LogP contribution in [0.15, 0.2) is 47.4 Å². The summed E-state index contributed by atoms with van der Waals surface area (Å²) in [6, 6.07) is 6.95. The maximum absolute atomic E-state index is 14.7. The fraction of sp³-hybridized carbons (Fsp3) is 0.440. The van der Waals surface area contributed by atoms with E-state index in [2.05, 4.69) is 0 Å². The molecule has 3 rings (SSSR count). The smallest absolute Gasteiger partial charge is 0.329 e. The molecule has 1 saturated heterocycles. The lowest BCUT2D eigenvalue weighted by atomic mass is 10.0. The SMILES string of the molecule is Cc1ccc(C[C@@H](C(=O)OC(C)(C)C)N2CCN(S(=O)(=O)c3ccccc3[N+](=O)[O-])[C@@H](C)C2=O)c(F)c1. The number of hydrogen-bond acceptors (Lipinski definition) is 7. The van der Waals surface area contributed by atoms with Gasteiger partial charge in [0.15, 0.2) is 4.90 Å².